The predicted octanol–water partition coefficient (Wildman–Crippen LogP) is 0.696. The summed E-state index contributed by atoms with van der Waals surface area (Å²) in [6.07, 6.45) is 0.524. The highest BCUT2D eigenvalue weighted by molar-refractivity contribution is 5.71. The molecule has 108 valence electrons. The van der Waals surface area contributed by atoms with Gasteiger partial charge in [0, 0.05) is 30.9 Å². The fraction of sp³-hybridized carbons (Fsp3) is 0.500. The normalized spacial score (nSPS) is 25.4. The molecule has 1 aromatic rings. The number of carboxylic acids is 1. The van der Waals surface area contributed by atoms with Crippen LogP contribution in [-0.4, -0.2) is 43.4 Å². The highest BCUT2D eigenvalue weighted by atomic mass is 16.6. The minimum Gasteiger partial charge on any atom is -0.486 e. The Kier molecular flexibility index (Phi) is 3.40. The van der Waals surface area contributed by atoms with Crippen molar-refractivity contribution in [2.24, 2.45) is 11.7 Å². The number of hydrogen-bond donors (Lipinski definition) is 2. The van der Waals surface area contributed by atoms with Crippen LogP contribution >= 0.6 is 0 Å². The summed E-state index contributed by atoms with van der Waals surface area (Å²) in [4.78, 5) is 13.2. The predicted molar refractivity (Wildman–Crippen MR) is 73.4 cm³/mol. The van der Waals surface area contributed by atoms with Crippen LogP contribution in [0.5, 0.6) is 11.5 Å². The molecule has 0 aromatic heterocycles. The van der Waals surface area contributed by atoms with E-state index in [1.807, 2.05) is 23.1 Å². The molecule has 2 aliphatic heterocycles. The van der Waals surface area contributed by atoms with E-state index in [1.54, 1.807) is 0 Å². The van der Waals surface area contributed by atoms with Gasteiger partial charge in [-0.15, -0.1) is 0 Å². The maximum Gasteiger partial charge on any atom is 0.308 e. The van der Waals surface area contributed by atoms with Gasteiger partial charge in [0.1, 0.15) is 13.2 Å². The molecule has 0 radical (unpaired) electrons. The van der Waals surface area contributed by atoms with Crippen LogP contribution in [0.2, 0.25) is 0 Å². The van der Waals surface area contributed by atoms with Crippen LogP contribution in [0.3, 0.4) is 0 Å². The molecule has 0 amide bonds. The Hall–Kier alpha value is -1.95. The van der Waals surface area contributed by atoms with Crippen LogP contribution in [0, 0.1) is 5.92 Å². The van der Waals surface area contributed by atoms with E-state index in [4.69, 9.17) is 15.2 Å². The molecule has 6 heteroatoms. The fourth-order valence-electron chi connectivity index (χ4n) is 2.76. The Morgan fingerprint density at radius 3 is 2.75 bits per heavy atom. The number of carbonyl (C=O) groups is 1. The zero-order chi connectivity index (χ0) is 14.1. The Balaban J connectivity index is 1.82. The molecule has 0 bridgehead atoms. The van der Waals surface area contributed by atoms with Crippen molar-refractivity contribution in [2.75, 3.05) is 31.2 Å². The number of aliphatic carboxylic acids is 1. The third-order valence-corrected chi connectivity index (χ3v) is 3.72. The second-order valence-corrected chi connectivity index (χ2v) is 5.26. The molecule has 2 unspecified atom stereocenters. The van der Waals surface area contributed by atoms with E-state index in [-0.39, 0.29) is 6.04 Å². The summed E-state index contributed by atoms with van der Waals surface area (Å²) >= 11 is 0. The molecule has 0 saturated carbocycles. The lowest BCUT2D eigenvalue weighted by Gasteiger charge is -2.36. The van der Waals surface area contributed by atoms with Gasteiger partial charge in [0.15, 0.2) is 11.5 Å². The van der Waals surface area contributed by atoms with Gasteiger partial charge < -0.3 is 25.2 Å². The van der Waals surface area contributed by atoms with Crippen molar-refractivity contribution in [3.05, 3.63) is 18.2 Å². The highest BCUT2D eigenvalue weighted by Crippen LogP contribution is 2.35. The lowest BCUT2D eigenvalue weighted by atomic mass is 9.94. The average molecular weight is 278 g/mol. The Morgan fingerprint density at radius 2 is 2.00 bits per heavy atom. The van der Waals surface area contributed by atoms with Crippen molar-refractivity contribution in [1.82, 2.24) is 0 Å². The monoisotopic (exact) mass is 278 g/mol. The molecule has 3 N–H and O–H groups in total. The van der Waals surface area contributed by atoms with Gasteiger partial charge in [0.05, 0.1) is 5.92 Å². The van der Waals surface area contributed by atoms with E-state index in [0.29, 0.717) is 38.5 Å². The van der Waals surface area contributed by atoms with Crippen LogP contribution in [0.15, 0.2) is 18.2 Å². The smallest absolute Gasteiger partial charge is 0.308 e. The number of nitrogens with zero attached hydrogens (tertiary/aromatic N) is 1. The number of anilines is 1. The lowest BCUT2D eigenvalue weighted by Crippen LogP contribution is -2.49. The number of benzene rings is 1. The minimum atomic E-state index is -0.789. The summed E-state index contributed by atoms with van der Waals surface area (Å²) in [7, 11) is 0. The van der Waals surface area contributed by atoms with E-state index in [9.17, 15) is 9.90 Å². The molecule has 20 heavy (non-hydrogen) atoms. The molecule has 1 fully saturated rings. The first-order valence-electron chi connectivity index (χ1n) is 6.76. The average Bonchev–Trinajstić information content (AvgIpc) is 2.46. The van der Waals surface area contributed by atoms with Crippen LogP contribution in [0.4, 0.5) is 5.69 Å². The van der Waals surface area contributed by atoms with Crippen LogP contribution in [-0.2, 0) is 4.79 Å². The van der Waals surface area contributed by atoms with E-state index in [1.165, 1.54) is 0 Å². The second-order valence-electron chi connectivity index (χ2n) is 5.26. The van der Waals surface area contributed by atoms with E-state index in [2.05, 4.69) is 0 Å². The third-order valence-electron chi connectivity index (χ3n) is 3.72. The number of hydrogen-bond acceptors (Lipinski definition) is 5. The van der Waals surface area contributed by atoms with Crippen molar-refractivity contribution < 1.29 is 19.4 Å². The zero-order valence-electron chi connectivity index (χ0n) is 11.1. The van der Waals surface area contributed by atoms with Crippen LogP contribution in [0.1, 0.15) is 6.42 Å². The number of carboxylic acid groups (broad SMARTS) is 1. The molecule has 2 aliphatic rings. The summed E-state index contributed by atoms with van der Waals surface area (Å²) in [5.41, 5.74) is 6.89. The lowest BCUT2D eigenvalue weighted by molar-refractivity contribution is -0.142. The topological polar surface area (TPSA) is 85.0 Å². The molecule has 2 heterocycles. The third kappa shape index (κ3) is 2.51. The van der Waals surface area contributed by atoms with Gasteiger partial charge in [-0.3, -0.25) is 4.79 Å². The van der Waals surface area contributed by atoms with E-state index in [0.717, 1.165) is 11.4 Å². The van der Waals surface area contributed by atoms with Gasteiger partial charge in [0.25, 0.3) is 0 Å². The van der Waals surface area contributed by atoms with Gasteiger partial charge in [-0.1, -0.05) is 0 Å². The van der Waals surface area contributed by atoms with Gasteiger partial charge in [-0.2, -0.15) is 0 Å². The molecule has 1 aromatic carbocycles. The molecular weight excluding hydrogens is 260 g/mol. The molecule has 0 aliphatic carbocycles. The fourth-order valence-corrected chi connectivity index (χ4v) is 2.76. The van der Waals surface area contributed by atoms with Gasteiger partial charge in [-0.05, 0) is 18.6 Å². The van der Waals surface area contributed by atoms with Crippen LogP contribution < -0.4 is 20.1 Å². The maximum atomic E-state index is 11.2. The van der Waals surface area contributed by atoms with Crippen LogP contribution in [0.25, 0.3) is 0 Å². The van der Waals surface area contributed by atoms with Crippen molar-refractivity contribution in [2.45, 2.75) is 12.5 Å². The first-order valence-corrected chi connectivity index (χ1v) is 6.76. The zero-order valence-corrected chi connectivity index (χ0v) is 11.1. The van der Waals surface area contributed by atoms with Gasteiger partial charge in [0.2, 0.25) is 0 Å². The molecule has 6 nitrogen and oxygen atoms in total. The maximum absolute atomic E-state index is 11.2. The Bertz CT molecular complexity index is 520. The highest BCUT2D eigenvalue weighted by Gasteiger charge is 2.30. The molecule has 3 rings (SSSR count). The molecule has 1 saturated heterocycles. The summed E-state index contributed by atoms with van der Waals surface area (Å²) in [5.74, 6) is 0.227. The standard InChI is InChI=1S/C14H18N2O4/c15-10-5-9(14(17)18)7-16(8-10)11-1-2-12-13(6-11)20-4-3-19-12/h1-2,6,9-10H,3-5,7-8,15H2,(H,17,18). The van der Waals surface area contributed by atoms with Gasteiger partial charge in [-0.25, -0.2) is 0 Å². The number of rotatable bonds is 2. The summed E-state index contributed by atoms with van der Waals surface area (Å²) < 4.78 is 11.0. The van der Waals surface area contributed by atoms with Crippen molar-refractivity contribution in [1.29, 1.82) is 0 Å². The number of fused-ring (bicyclic) bond motifs is 1. The van der Waals surface area contributed by atoms with Crippen molar-refractivity contribution in [3.8, 4) is 11.5 Å². The van der Waals surface area contributed by atoms with Crippen molar-refractivity contribution >= 4 is 11.7 Å². The number of nitrogens with two attached hydrogens (primary N) is 1. The van der Waals surface area contributed by atoms with E-state index >= 15 is 0 Å². The Labute approximate surface area is 117 Å². The number of ether oxygens (including phenoxy) is 2. The van der Waals surface area contributed by atoms with E-state index < -0.39 is 11.9 Å². The minimum absolute atomic E-state index is 0.127. The first kappa shape index (κ1) is 13.1. The largest absolute Gasteiger partial charge is 0.486 e. The molecule has 2 atom stereocenters. The molecule has 0 spiro atoms. The SMILES string of the molecule is NC1CC(C(=O)O)CN(c2ccc3c(c2)OCCO3)C1. The van der Waals surface area contributed by atoms with Crippen molar-refractivity contribution in [3.63, 3.8) is 0 Å². The first-order chi connectivity index (χ1) is 9.63. The summed E-state index contributed by atoms with van der Waals surface area (Å²) in [5, 5.41) is 9.19. The summed E-state index contributed by atoms with van der Waals surface area (Å²) in [6.45, 7) is 2.22. The number of piperidine rings is 1. The second kappa shape index (κ2) is 5.20. The summed E-state index contributed by atoms with van der Waals surface area (Å²) in [6, 6.07) is 5.55. The van der Waals surface area contributed by atoms with Gasteiger partial charge >= 0.3 is 5.97 Å². The molecular formula is C14H18N2O4. The quantitative estimate of drug-likeness (QED) is 0.828. The Morgan fingerprint density at radius 1 is 1.25 bits per heavy atom.